The topological polar surface area (TPSA) is 126 Å². The van der Waals surface area contributed by atoms with Crippen LogP contribution in [0.2, 0.25) is 0 Å². The fraction of sp³-hybridized carbons (Fsp3) is 0.316. The lowest BCUT2D eigenvalue weighted by molar-refractivity contribution is -0.142. The lowest BCUT2D eigenvalue weighted by Gasteiger charge is -2.37. The van der Waals surface area contributed by atoms with Crippen LogP contribution in [-0.4, -0.2) is 61.3 Å². The molecule has 0 spiro atoms. The summed E-state index contributed by atoms with van der Waals surface area (Å²) in [6, 6.07) is 20.2. The van der Waals surface area contributed by atoms with Crippen LogP contribution in [0.5, 0.6) is 5.75 Å². The van der Waals surface area contributed by atoms with E-state index < -0.39 is 23.8 Å². The van der Waals surface area contributed by atoms with Gasteiger partial charge in [-0.05, 0) is 102 Å². The number of carbonyl (C=O) groups is 3. The second-order valence-corrected chi connectivity index (χ2v) is 13.5. The van der Waals surface area contributed by atoms with Crippen LogP contribution in [0.1, 0.15) is 62.3 Å². The summed E-state index contributed by atoms with van der Waals surface area (Å²) in [7, 11) is 0. The molecule has 1 aliphatic heterocycles. The number of likely N-dealkylation sites (tertiary alicyclic amines) is 1. The van der Waals surface area contributed by atoms with Crippen molar-refractivity contribution in [2.45, 2.75) is 71.1 Å². The SMILES string of the molecule is Cc1ccc(O)c(-c2nn(S)cc2C#Cc2ccc(NC(=O)[C@@H]3CCCCN3C(=O)[C@H](Cc3ccccc3)NC(=O)OC(C)(C)C)cc2)c1. The van der Waals surface area contributed by atoms with Crippen LogP contribution in [0, 0.1) is 18.8 Å². The Morgan fingerprint density at radius 2 is 1.78 bits per heavy atom. The van der Waals surface area contributed by atoms with Crippen molar-refractivity contribution >= 4 is 36.4 Å². The zero-order chi connectivity index (χ0) is 35.1. The number of alkyl carbamates (subject to hydrolysis) is 1. The first-order chi connectivity index (χ1) is 23.4. The van der Waals surface area contributed by atoms with Crippen molar-refractivity contribution in [3.05, 3.63) is 101 Å². The van der Waals surface area contributed by atoms with Gasteiger partial charge < -0.3 is 25.4 Å². The average molecular weight is 680 g/mol. The zero-order valence-corrected chi connectivity index (χ0v) is 29.0. The van der Waals surface area contributed by atoms with E-state index in [2.05, 4.69) is 40.4 Å². The molecule has 0 bridgehead atoms. The Balaban J connectivity index is 1.29. The molecule has 3 aromatic carbocycles. The summed E-state index contributed by atoms with van der Waals surface area (Å²) in [5.74, 6) is 5.70. The van der Waals surface area contributed by atoms with Crippen molar-refractivity contribution in [2.75, 3.05) is 11.9 Å². The molecule has 0 aliphatic carbocycles. The lowest BCUT2D eigenvalue weighted by Crippen LogP contribution is -2.57. The van der Waals surface area contributed by atoms with E-state index in [-0.39, 0.29) is 24.0 Å². The monoisotopic (exact) mass is 679 g/mol. The first kappa shape index (κ1) is 35.1. The van der Waals surface area contributed by atoms with E-state index in [1.165, 1.54) is 4.09 Å². The molecule has 49 heavy (non-hydrogen) atoms. The number of piperidine rings is 1. The molecule has 3 N–H and O–H groups in total. The van der Waals surface area contributed by atoms with Crippen molar-refractivity contribution < 1.29 is 24.2 Å². The fourth-order valence-corrected chi connectivity index (χ4v) is 5.87. The molecule has 254 valence electrons. The minimum Gasteiger partial charge on any atom is -0.507 e. The number of ether oxygens (including phenoxy) is 1. The summed E-state index contributed by atoms with van der Waals surface area (Å²) in [5.41, 5.74) is 4.07. The number of anilines is 1. The number of phenols is 1. The van der Waals surface area contributed by atoms with E-state index >= 15 is 0 Å². The molecule has 5 rings (SSSR count). The maximum absolute atomic E-state index is 14.0. The number of hydrogen-bond donors (Lipinski definition) is 4. The highest BCUT2D eigenvalue weighted by atomic mass is 32.1. The van der Waals surface area contributed by atoms with Gasteiger partial charge in [0, 0.05) is 29.8 Å². The van der Waals surface area contributed by atoms with Gasteiger partial charge in [0.15, 0.2) is 0 Å². The van der Waals surface area contributed by atoms with Gasteiger partial charge in [0.25, 0.3) is 0 Å². The average Bonchev–Trinajstić information content (AvgIpc) is 3.44. The van der Waals surface area contributed by atoms with Gasteiger partial charge in [-0.3, -0.25) is 9.59 Å². The van der Waals surface area contributed by atoms with Gasteiger partial charge in [0.2, 0.25) is 11.8 Å². The molecule has 0 saturated carbocycles. The maximum Gasteiger partial charge on any atom is 0.408 e. The molecule has 10 nitrogen and oxygen atoms in total. The van der Waals surface area contributed by atoms with E-state index in [0.717, 1.165) is 24.0 Å². The van der Waals surface area contributed by atoms with Crippen LogP contribution in [0.3, 0.4) is 0 Å². The number of nitrogens with zero attached hydrogens (tertiary/aromatic N) is 3. The number of aromatic hydroxyl groups is 1. The lowest BCUT2D eigenvalue weighted by atomic mass is 9.98. The molecule has 0 unspecified atom stereocenters. The second kappa shape index (κ2) is 15.3. The zero-order valence-electron chi connectivity index (χ0n) is 28.1. The van der Waals surface area contributed by atoms with Gasteiger partial charge >= 0.3 is 6.09 Å². The Labute approximate surface area is 292 Å². The predicted molar refractivity (Wildman–Crippen MR) is 192 cm³/mol. The smallest absolute Gasteiger partial charge is 0.408 e. The number of rotatable bonds is 7. The molecule has 4 aromatic rings. The van der Waals surface area contributed by atoms with Gasteiger partial charge in [-0.25, -0.2) is 8.88 Å². The van der Waals surface area contributed by atoms with Crippen LogP contribution >= 0.6 is 12.8 Å². The molecule has 0 radical (unpaired) electrons. The quantitative estimate of drug-likeness (QED) is 0.138. The van der Waals surface area contributed by atoms with E-state index in [1.807, 2.05) is 49.4 Å². The van der Waals surface area contributed by atoms with Gasteiger partial charge in [-0.2, -0.15) is 5.10 Å². The summed E-state index contributed by atoms with van der Waals surface area (Å²) in [6.45, 7) is 7.62. The number of thiol groups is 1. The third-order valence-electron chi connectivity index (χ3n) is 7.96. The molecule has 3 amide bonds. The number of aryl methyl sites for hydroxylation is 1. The number of carbonyl (C=O) groups excluding carboxylic acids is 3. The summed E-state index contributed by atoms with van der Waals surface area (Å²) in [5, 5.41) is 20.5. The number of aromatic nitrogens is 2. The molecule has 2 atom stereocenters. The highest BCUT2D eigenvalue weighted by molar-refractivity contribution is 7.78. The van der Waals surface area contributed by atoms with Gasteiger partial charge in [0.05, 0.1) is 11.8 Å². The van der Waals surface area contributed by atoms with Crippen molar-refractivity contribution in [1.29, 1.82) is 0 Å². The number of benzene rings is 3. The molecule has 2 heterocycles. The normalized spacial score (nSPS) is 15.0. The third kappa shape index (κ3) is 9.45. The van der Waals surface area contributed by atoms with Crippen molar-refractivity contribution in [1.82, 2.24) is 19.4 Å². The molecule has 1 saturated heterocycles. The molecular weight excluding hydrogens is 639 g/mol. The Hall–Kier alpha value is -5.21. The molecule has 1 aromatic heterocycles. The van der Waals surface area contributed by atoms with E-state index in [4.69, 9.17) is 4.74 Å². The summed E-state index contributed by atoms with van der Waals surface area (Å²) < 4.78 is 6.82. The summed E-state index contributed by atoms with van der Waals surface area (Å²) >= 11 is 4.30. The Morgan fingerprint density at radius 3 is 2.49 bits per heavy atom. The van der Waals surface area contributed by atoms with E-state index in [0.29, 0.717) is 41.0 Å². The maximum atomic E-state index is 14.0. The van der Waals surface area contributed by atoms with Gasteiger partial charge in [-0.15, -0.1) is 0 Å². The first-order valence-electron chi connectivity index (χ1n) is 16.2. The standard InChI is InChI=1S/C38H41N5O5S/c1-25-13-20-33(44)30(22-25)34-28(24-43(49)41-34)17-14-26-15-18-29(19-16-26)39-35(45)32-12-8-9-21-42(32)36(46)31(23-27-10-6-5-7-11-27)40-37(47)48-38(2,3)4/h5-7,10-11,13,15-16,18-20,22,24,31-32,44,49H,8-9,12,21,23H2,1-4H3,(H,39,45)(H,40,47)/t31-,32-/m0/s1. The summed E-state index contributed by atoms with van der Waals surface area (Å²) in [4.78, 5) is 41.9. The van der Waals surface area contributed by atoms with Crippen molar-refractivity contribution in [3.8, 4) is 28.8 Å². The Morgan fingerprint density at radius 1 is 1.04 bits per heavy atom. The Bertz CT molecular complexity index is 1870. The highest BCUT2D eigenvalue weighted by Gasteiger charge is 2.37. The number of amides is 3. The van der Waals surface area contributed by atoms with E-state index in [1.54, 1.807) is 62.2 Å². The van der Waals surface area contributed by atoms with Crippen LogP contribution in [0.25, 0.3) is 11.3 Å². The molecular formula is C38H41N5O5S. The Kier molecular flexibility index (Phi) is 11.0. The largest absolute Gasteiger partial charge is 0.507 e. The van der Waals surface area contributed by atoms with Gasteiger partial charge in [0.1, 0.15) is 29.1 Å². The second-order valence-electron chi connectivity index (χ2n) is 13.1. The van der Waals surface area contributed by atoms with Crippen LogP contribution < -0.4 is 10.6 Å². The van der Waals surface area contributed by atoms with Crippen LogP contribution in [0.15, 0.2) is 79.0 Å². The van der Waals surface area contributed by atoms with Gasteiger partial charge in [-0.1, -0.05) is 53.8 Å². The number of phenolic OH excluding ortho intramolecular Hbond substituents is 1. The van der Waals surface area contributed by atoms with Crippen molar-refractivity contribution in [2.24, 2.45) is 0 Å². The predicted octanol–water partition coefficient (Wildman–Crippen LogP) is 6.11. The third-order valence-corrected chi connectivity index (χ3v) is 8.17. The van der Waals surface area contributed by atoms with Crippen LogP contribution in [0.4, 0.5) is 10.5 Å². The first-order valence-corrected chi connectivity index (χ1v) is 16.6. The molecule has 1 fully saturated rings. The number of hydrogen-bond acceptors (Lipinski definition) is 7. The summed E-state index contributed by atoms with van der Waals surface area (Å²) in [6.07, 6.45) is 3.30. The number of nitrogens with one attached hydrogen (secondary N) is 2. The van der Waals surface area contributed by atoms with Crippen molar-refractivity contribution in [3.63, 3.8) is 0 Å². The molecule has 1 aliphatic rings. The van der Waals surface area contributed by atoms with Crippen LogP contribution in [-0.2, 0) is 20.7 Å². The minimum atomic E-state index is -0.909. The molecule has 11 heteroatoms. The highest BCUT2D eigenvalue weighted by Crippen LogP contribution is 2.31. The minimum absolute atomic E-state index is 0.102. The van der Waals surface area contributed by atoms with E-state index in [9.17, 15) is 19.5 Å². The fourth-order valence-electron chi connectivity index (χ4n) is 5.66.